The Kier molecular flexibility index (Phi) is 6.24. The van der Waals surface area contributed by atoms with Gasteiger partial charge in [0.2, 0.25) is 5.91 Å². The molecular weight excluding hydrogens is 338 g/mol. The van der Waals surface area contributed by atoms with Crippen LogP contribution in [0.5, 0.6) is 0 Å². The molecule has 0 unspecified atom stereocenters. The monoisotopic (exact) mass is 365 g/mol. The summed E-state index contributed by atoms with van der Waals surface area (Å²) in [5, 5.41) is 5.84. The standard InChI is InChI=1S/C22H27N3O2/c1-3-16-8-10-17(11-9-16)14-25(2)15-21(26)24-20-7-5-4-6-19(20)22(27)23-18-12-13-18/h4-11,18H,3,12-15H2,1-2H3,(H,23,27)(H,24,26). The number of para-hydroxylation sites is 1. The predicted molar refractivity (Wildman–Crippen MR) is 108 cm³/mol. The molecule has 5 nitrogen and oxygen atoms in total. The largest absolute Gasteiger partial charge is 0.349 e. The number of benzene rings is 2. The van der Waals surface area contributed by atoms with Gasteiger partial charge in [-0.15, -0.1) is 0 Å². The Morgan fingerprint density at radius 3 is 2.37 bits per heavy atom. The van der Waals surface area contributed by atoms with Crippen molar-refractivity contribution in [3.63, 3.8) is 0 Å². The Morgan fingerprint density at radius 1 is 1.04 bits per heavy atom. The molecule has 142 valence electrons. The lowest BCUT2D eigenvalue weighted by Gasteiger charge is -2.17. The highest BCUT2D eigenvalue weighted by molar-refractivity contribution is 6.04. The number of hydrogen-bond donors (Lipinski definition) is 2. The van der Waals surface area contributed by atoms with E-state index in [0.29, 0.717) is 17.8 Å². The molecule has 2 aromatic rings. The molecule has 0 heterocycles. The van der Waals surface area contributed by atoms with Gasteiger partial charge in [-0.05, 0) is 49.6 Å². The summed E-state index contributed by atoms with van der Waals surface area (Å²) < 4.78 is 0. The van der Waals surface area contributed by atoms with Crippen molar-refractivity contribution in [2.45, 2.75) is 38.8 Å². The first-order valence-corrected chi connectivity index (χ1v) is 9.51. The molecule has 2 N–H and O–H groups in total. The van der Waals surface area contributed by atoms with Crippen LogP contribution in [0, 0.1) is 0 Å². The normalized spacial score (nSPS) is 13.4. The van der Waals surface area contributed by atoms with Crippen molar-refractivity contribution in [2.24, 2.45) is 0 Å². The Morgan fingerprint density at radius 2 is 1.70 bits per heavy atom. The van der Waals surface area contributed by atoms with E-state index in [4.69, 9.17) is 0 Å². The number of carbonyl (C=O) groups is 2. The Balaban J connectivity index is 1.56. The molecule has 1 aliphatic carbocycles. The smallest absolute Gasteiger partial charge is 0.253 e. The number of amides is 2. The molecule has 0 saturated heterocycles. The molecule has 0 bridgehead atoms. The van der Waals surface area contributed by atoms with E-state index in [-0.39, 0.29) is 24.4 Å². The third kappa shape index (κ3) is 5.66. The number of anilines is 1. The first-order chi connectivity index (χ1) is 13.0. The number of hydrogen-bond acceptors (Lipinski definition) is 3. The van der Waals surface area contributed by atoms with Gasteiger partial charge in [0, 0.05) is 12.6 Å². The number of carbonyl (C=O) groups excluding carboxylic acids is 2. The summed E-state index contributed by atoms with van der Waals surface area (Å²) in [6.07, 6.45) is 3.08. The van der Waals surface area contributed by atoms with Gasteiger partial charge in [0.1, 0.15) is 0 Å². The van der Waals surface area contributed by atoms with E-state index in [1.165, 1.54) is 11.1 Å². The molecule has 0 spiro atoms. The summed E-state index contributed by atoms with van der Waals surface area (Å²) in [6, 6.07) is 15.9. The maximum Gasteiger partial charge on any atom is 0.253 e. The van der Waals surface area contributed by atoms with Gasteiger partial charge in [-0.2, -0.15) is 0 Å². The zero-order chi connectivity index (χ0) is 19.2. The van der Waals surface area contributed by atoms with Crippen molar-refractivity contribution >= 4 is 17.5 Å². The highest BCUT2D eigenvalue weighted by Gasteiger charge is 2.25. The third-order valence-electron chi connectivity index (χ3n) is 4.66. The summed E-state index contributed by atoms with van der Waals surface area (Å²) in [5.41, 5.74) is 3.55. The number of aryl methyl sites for hydroxylation is 1. The van der Waals surface area contributed by atoms with Crippen molar-refractivity contribution in [3.8, 4) is 0 Å². The van der Waals surface area contributed by atoms with Gasteiger partial charge in [-0.25, -0.2) is 0 Å². The molecule has 5 heteroatoms. The molecule has 3 rings (SSSR count). The summed E-state index contributed by atoms with van der Waals surface area (Å²) in [5.74, 6) is -0.257. The molecule has 27 heavy (non-hydrogen) atoms. The highest BCUT2D eigenvalue weighted by Crippen LogP contribution is 2.21. The van der Waals surface area contributed by atoms with Gasteiger partial charge in [0.15, 0.2) is 0 Å². The minimum absolute atomic E-state index is 0.127. The van der Waals surface area contributed by atoms with Gasteiger partial charge in [-0.3, -0.25) is 14.5 Å². The molecule has 1 aliphatic rings. The zero-order valence-electron chi connectivity index (χ0n) is 16.0. The second kappa shape index (κ2) is 8.82. The minimum atomic E-state index is -0.130. The van der Waals surface area contributed by atoms with Crippen LogP contribution in [0.4, 0.5) is 5.69 Å². The fraction of sp³-hybridized carbons (Fsp3) is 0.364. The molecule has 0 atom stereocenters. The lowest BCUT2D eigenvalue weighted by molar-refractivity contribution is -0.117. The topological polar surface area (TPSA) is 61.4 Å². The maximum absolute atomic E-state index is 12.4. The molecule has 0 aromatic heterocycles. The van der Waals surface area contributed by atoms with E-state index in [1.807, 2.05) is 24.1 Å². The van der Waals surface area contributed by atoms with Crippen LogP contribution < -0.4 is 10.6 Å². The highest BCUT2D eigenvalue weighted by atomic mass is 16.2. The second-order valence-corrected chi connectivity index (χ2v) is 7.18. The van der Waals surface area contributed by atoms with Gasteiger partial charge in [-0.1, -0.05) is 43.3 Å². The molecule has 1 saturated carbocycles. The van der Waals surface area contributed by atoms with E-state index in [9.17, 15) is 9.59 Å². The van der Waals surface area contributed by atoms with Crippen LogP contribution in [0.15, 0.2) is 48.5 Å². The summed E-state index contributed by atoms with van der Waals surface area (Å²) in [7, 11) is 1.92. The fourth-order valence-electron chi connectivity index (χ4n) is 2.96. The van der Waals surface area contributed by atoms with Gasteiger partial charge in [0.25, 0.3) is 5.91 Å². The van der Waals surface area contributed by atoms with Gasteiger partial charge in [0.05, 0.1) is 17.8 Å². The number of nitrogens with zero attached hydrogens (tertiary/aromatic N) is 1. The maximum atomic E-state index is 12.4. The number of likely N-dealkylation sites (N-methyl/N-ethyl adjacent to an activating group) is 1. The van der Waals surface area contributed by atoms with E-state index in [0.717, 1.165) is 19.3 Å². The third-order valence-corrected chi connectivity index (χ3v) is 4.66. The molecular formula is C22H27N3O2. The molecule has 2 amide bonds. The Labute approximate surface area is 160 Å². The number of nitrogens with one attached hydrogen (secondary N) is 2. The second-order valence-electron chi connectivity index (χ2n) is 7.18. The SMILES string of the molecule is CCc1ccc(CN(C)CC(=O)Nc2ccccc2C(=O)NC2CC2)cc1. The van der Waals surface area contributed by atoms with Crippen LogP contribution in [-0.4, -0.2) is 36.3 Å². The lowest BCUT2D eigenvalue weighted by atomic mass is 10.1. The quantitative estimate of drug-likeness (QED) is 0.755. The minimum Gasteiger partial charge on any atom is -0.349 e. The predicted octanol–water partition coefficient (Wildman–Crippen LogP) is 3.21. The first kappa shape index (κ1) is 19.1. The van der Waals surface area contributed by atoms with Crippen molar-refractivity contribution in [3.05, 3.63) is 65.2 Å². The van der Waals surface area contributed by atoms with Crippen molar-refractivity contribution in [2.75, 3.05) is 18.9 Å². The summed E-state index contributed by atoms with van der Waals surface area (Å²) in [4.78, 5) is 26.7. The van der Waals surface area contributed by atoms with Crippen LogP contribution in [0.3, 0.4) is 0 Å². The Bertz CT molecular complexity index is 797. The Hall–Kier alpha value is -2.66. The molecule has 0 aliphatic heterocycles. The van der Waals surface area contributed by atoms with Gasteiger partial charge >= 0.3 is 0 Å². The van der Waals surface area contributed by atoms with E-state index >= 15 is 0 Å². The average Bonchev–Trinajstić information content (AvgIpc) is 3.46. The van der Waals surface area contributed by atoms with Crippen LogP contribution in [0.25, 0.3) is 0 Å². The molecule has 1 fully saturated rings. The number of rotatable bonds is 8. The first-order valence-electron chi connectivity index (χ1n) is 9.51. The van der Waals surface area contributed by atoms with Crippen molar-refractivity contribution in [1.82, 2.24) is 10.2 Å². The van der Waals surface area contributed by atoms with Crippen LogP contribution in [0.2, 0.25) is 0 Å². The van der Waals surface area contributed by atoms with Gasteiger partial charge < -0.3 is 10.6 Å². The van der Waals surface area contributed by atoms with E-state index < -0.39 is 0 Å². The van der Waals surface area contributed by atoms with Crippen molar-refractivity contribution < 1.29 is 9.59 Å². The lowest BCUT2D eigenvalue weighted by Crippen LogP contribution is -2.31. The summed E-state index contributed by atoms with van der Waals surface area (Å²) >= 11 is 0. The van der Waals surface area contributed by atoms with E-state index in [2.05, 4.69) is 41.8 Å². The van der Waals surface area contributed by atoms with Crippen LogP contribution in [-0.2, 0) is 17.8 Å². The zero-order valence-corrected chi connectivity index (χ0v) is 16.0. The van der Waals surface area contributed by atoms with Crippen LogP contribution in [0.1, 0.15) is 41.3 Å². The molecule has 2 aromatic carbocycles. The van der Waals surface area contributed by atoms with Crippen molar-refractivity contribution in [1.29, 1.82) is 0 Å². The average molecular weight is 365 g/mol. The van der Waals surface area contributed by atoms with E-state index in [1.54, 1.807) is 12.1 Å². The van der Waals surface area contributed by atoms with Crippen LogP contribution >= 0.6 is 0 Å². The fourth-order valence-corrected chi connectivity index (χ4v) is 2.96. The summed E-state index contributed by atoms with van der Waals surface area (Å²) in [6.45, 7) is 3.09. The molecule has 0 radical (unpaired) electrons.